The largest absolute Gasteiger partial charge is 1.00 e. The Kier molecular flexibility index (Phi) is 20.5. The minimum atomic E-state index is -0.776. The maximum Gasteiger partial charge on any atom is 0.0837 e. The van der Waals surface area contributed by atoms with Crippen LogP contribution in [0, 0.1) is 0 Å². The first-order chi connectivity index (χ1) is 14.6. The SMILES string of the molecule is CCCCCCCCCCCCCCCCCC[P+](C)(C)Cc1ccc(CC)cc1.[Cl-]. The maximum atomic E-state index is 2.56. The van der Waals surface area contributed by atoms with Crippen LogP contribution < -0.4 is 12.4 Å². The van der Waals surface area contributed by atoms with Crippen molar-refractivity contribution in [2.75, 3.05) is 19.5 Å². The molecule has 31 heavy (non-hydrogen) atoms. The van der Waals surface area contributed by atoms with Crippen molar-refractivity contribution in [3.63, 3.8) is 0 Å². The van der Waals surface area contributed by atoms with Crippen LogP contribution in [0.1, 0.15) is 128 Å². The fourth-order valence-corrected chi connectivity index (χ4v) is 6.98. The molecule has 0 saturated carbocycles. The van der Waals surface area contributed by atoms with Gasteiger partial charge in [0.2, 0.25) is 0 Å². The molecule has 1 rings (SSSR count). The van der Waals surface area contributed by atoms with E-state index in [0.717, 1.165) is 6.42 Å². The zero-order valence-electron chi connectivity index (χ0n) is 21.6. The highest BCUT2D eigenvalue weighted by Crippen LogP contribution is 2.55. The second-order valence-electron chi connectivity index (χ2n) is 10.3. The van der Waals surface area contributed by atoms with E-state index >= 15 is 0 Å². The van der Waals surface area contributed by atoms with Gasteiger partial charge in [0, 0.05) is 20.6 Å². The first-order valence-corrected chi connectivity index (χ1v) is 16.5. The number of aryl methyl sites for hydroxylation is 1. The molecule has 2 heteroatoms. The summed E-state index contributed by atoms with van der Waals surface area (Å²) in [4.78, 5) is 0. The summed E-state index contributed by atoms with van der Waals surface area (Å²) in [6, 6.07) is 9.39. The third kappa shape index (κ3) is 18.1. The van der Waals surface area contributed by atoms with E-state index in [1.165, 1.54) is 121 Å². The number of unbranched alkanes of at least 4 members (excludes halogenated alkanes) is 15. The lowest BCUT2D eigenvalue weighted by Crippen LogP contribution is -3.00. The van der Waals surface area contributed by atoms with Crippen LogP contribution in [0.15, 0.2) is 24.3 Å². The Morgan fingerprint density at radius 2 is 0.871 bits per heavy atom. The zero-order valence-corrected chi connectivity index (χ0v) is 23.2. The van der Waals surface area contributed by atoms with Crippen molar-refractivity contribution in [1.29, 1.82) is 0 Å². The lowest BCUT2D eigenvalue weighted by Gasteiger charge is -2.18. The van der Waals surface area contributed by atoms with Gasteiger partial charge in [0.1, 0.15) is 0 Å². The van der Waals surface area contributed by atoms with E-state index in [-0.39, 0.29) is 12.4 Å². The van der Waals surface area contributed by atoms with Crippen molar-refractivity contribution in [2.24, 2.45) is 0 Å². The van der Waals surface area contributed by atoms with Crippen LogP contribution in [0.5, 0.6) is 0 Å². The second kappa shape index (κ2) is 20.5. The van der Waals surface area contributed by atoms with Crippen LogP contribution >= 0.6 is 7.26 Å². The van der Waals surface area contributed by atoms with Gasteiger partial charge in [-0.2, -0.15) is 0 Å². The minimum Gasteiger partial charge on any atom is -1.00 e. The van der Waals surface area contributed by atoms with E-state index in [2.05, 4.69) is 51.4 Å². The molecule has 182 valence electrons. The van der Waals surface area contributed by atoms with Gasteiger partial charge in [-0.05, 0) is 30.4 Å². The molecule has 1 aromatic rings. The molecule has 1 aromatic carbocycles. The lowest BCUT2D eigenvalue weighted by atomic mass is 10.0. The van der Waals surface area contributed by atoms with Crippen LogP contribution in [0.2, 0.25) is 0 Å². The summed E-state index contributed by atoms with van der Waals surface area (Å²) in [5.41, 5.74) is 3.02. The summed E-state index contributed by atoms with van der Waals surface area (Å²) >= 11 is 0. The maximum absolute atomic E-state index is 2.56. The van der Waals surface area contributed by atoms with Gasteiger partial charge in [0.25, 0.3) is 0 Å². The summed E-state index contributed by atoms with van der Waals surface area (Å²) in [5.74, 6) is 0. The number of hydrogen-bond donors (Lipinski definition) is 0. The van der Waals surface area contributed by atoms with Crippen LogP contribution in [-0.2, 0) is 12.6 Å². The quantitative estimate of drug-likeness (QED) is 0.139. The van der Waals surface area contributed by atoms with Gasteiger partial charge >= 0.3 is 0 Å². The average molecular weight is 469 g/mol. The summed E-state index contributed by atoms with van der Waals surface area (Å²) in [6.45, 7) is 9.66. The molecule has 0 nitrogen and oxygen atoms in total. The van der Waals surface area contributed by atoms with Gasteiger partial charge in [-0.3, -0.25) is 0 Å². The van der Waals surface area contributed by atoms with Crippen molar-refractivity contribution in [1.82, 2.24) is 0 Å². The molecule has 0 aliphatic carbocycles. The van der Waals surface area contributed by atoms with E-state index in [1.807, 2.05) is 0 Å². The molecule has 0 fully saturated rings. The molecular formula is C29H54ClP. The third-order valence-electron chi connectivity index (χ3n) is 6.66. The van der Waals surface area contributed by atoms with Crippen molar-refractivity contribution < 1.29 is 12.4 Å². The summed E-state index contributed by atoms with van der Waals surface area (Å²) < 4.78 is 0. The molecule has 0 radical (unpaired) electrons. The Labute approximate surface area is 203 Å². The second-order valence-corrected chi connectivity index (χ2v) is 14.9. The molecule has 0 spiro atoms. The fourth-order valence-electron chi connectivity index (χ4n) is 4.54. The molecule has 0 N–H and O–H groups in total. The third-order valence-corrected chi connectivity index (χ3v) is 9.41. The number of rotatable bonds is 20. The van der Waals surface area contributed by atoms with Gasteiger partial charge in [-0.1, -0.05) is 128 Å². The standard InChI is InChI=1S/C29H54P.ClH/c1-5-7-8-9-10-11-12-13-14-15-16-17-18-19-20-21-26-30(3,4)27-29-24-22-28(6-2)23-25-29;/h22-25H,5-21,26-27H2,1-4H3;1H/q+1;/p-1. The highest BCUT2D eigenvalue weighted by atomic mass is 35.5. The van der Waals surface area contributed by atoms with Crippen molar-refractivity contribution in [3.05, 3.63) is 35.4 Å². The van der Waals surface area contributed by atoms with E-state index < -0.39 is 7.26 Å². The van der Waals surface area contributed by atoms with Gasteiger partial charge in [-0.15, -0.1) is 0 Å². The van der Waals surface area contributed by atoms with Gasteiger partial charge in [-0.25, -0.2) is 0 Å². The fraction of sp³-hybridized carbons (Fsp3) is 0.793. The summed E-state index contributed by atoms with van der Waals surface area (Å²) in [6.07, 6.45) is 27.3. The highest BCUT2D eigenvalue weighted by Gasteiger charge is 2.24. The van der Waals surface area contributed by atoms with Crippen LogP contribution in [-0.4, -0.2) is 19.5 Å². The van der Waals surface area contributed by atoms with Crippen LogP contribution in [0.4, 0.5) is 0 Å². The van der Waals surface area contributed by atoms with Crippen molar-refractivity contribution in [3.8, 4) is 0 Å². The van der Waals surface area contributed by atoms with Crippen molar-refractivity contribution in [2.45, 2.75) is 129 Å². The van der Waals surface area contributed by atoms with Gasteiger partial charge in [0.05, 0.1) is 12.3 Å². The molecular weight excluding hydrogens is 415 g/mol. The highest BCUT2D eigenvalue weighted by molar-refractivity contribution is 7.73. The predicted octanol–water partition coefficient (Wildman–Crippen LogP) is 7.29. The summed E-state index contributed by atoms with van der Waals surface area (Å²) in [7, 11) is -0.776. The normalized spacial score (nSPS) is 11.5. The Balaban J connectivity index is 0.00000900. The molecule has 0 unspecified atom stereocenters. The molecule has 0 aromatic heterocycles. The number of benzene rings is 1. The van der Waals surface area contributed by atoms with E-state index in [9.17, 15) is 0 Å². The van der Waals surface area contributed by atoms with Gasteiger partial charge < -0.3 is 12.4 Å². The number of hydrogen-bond acceptors (Lipinski definition) is 0. The summed E-state index contributed by atoms with van der Waals surface area (Å²) in [5, 5.41) is 0. The number of halogens is 1. The minimum absolute atomic E-state index is 0. The average Bonchev–Trinajstić information content (AvgIpc) is 2.73. The van der Waals surface area contributed by atoms with E-state index in [0.29, 0.717) is 0 Å². The first-order valence-electron chi connectivity index (χ1n) is 13.5. The van der Waals surface area contributed by atoms with Crippen LogP contribution in [0.25, 0.3) is 0 Å². The lowest BCUT2D eigenvalue weighted by molar-refractivity contribution is -0.00000682. The zero-order chi connectivity index (χ0) is 21.9. The van der Waals surface area contributed by atoms with E-state index in [1.54, 1.807) is 5.56 Å². The predicted molar refractivity (Wildman–Crippen MR) is 143 cm³/mol. The van der Waals surface area contributed by atoms with Gasteiger partial charge in [0.15, 0.2) is 0 Å². The van der Waals surface area contributed by atoms with E-state index in [4.69, 9.17) is 0 Å². The first kappa shape index (κ1) is 30.9. The molecule has 0 bridgehead atoms. The van der Waals surface area contributed by atoms with Crippen LogP contribution in [0.3, 0.4) is 0 Å². The molecule has 0 amide bonds. The molecule has 0 saturated heterocycles. The molecule has 0 atom stereocenters. The Bertz CT molecular complexity index is 494. The Morgan fingerprint density at radius 1 is 0.516 bits per heavy atom. The molecule has 0 heterocycles. The van der Waals surface area contributed by atoms with Crippen molar-refractivity contribution >= 4 is 7.26 Å². The topological polar surface area (TPSA) is 0 Å². The Hall–Kier alpha value is -0.0600. The Morgan fingerprint density at radius 3 is 1.26 bits per heavy atom. The molecule has 0 aliphatic heterocycles. The monoisotopic (exact) mass is 468 g/mol. The smallest absolute Gasteiger partial charge is 0.0837 e. The molecule has 0 aliphatic rings.